The highest BCUT2D eigenvalue weighted by atomic mass is 19.4. The fraction of sp³-hybridized carbons (Fsp3) is 0.529. The summed E-state index contributed by atoms with van der Waals surface area (Å²) in [5.41, 5.74) is 1.03. The Labute approximate surface area is 133 Å². The second-order valence-electron chi connectivity index (χ2n) is 5.95. The van der Waals surface area contributed by atoms with Gasteiger partial charge in [-0.05, 0) is 30.5 Å². The normalized spacial score (nSPS) is 15.9. The van der Waals surface area contributed by atoms with Gasteiger partial charge in [0.1, 0.15) is 6.54 Å². The Bertz CT molecular complexity index is 569. The summed E-state index contributed by atoms with van der Waals surface area (Å²) < 4.78 is 38.5. The van der Waals surface area contributed by atoms with Crippen molar-refractivity contribution in [1.29, 1.82) is 5.26 Å². The van der Waals surface area contributed by atoms with Crippen LogP contribution in [0.1, 0.15) is 43.2 Å². The lowest BCUT2D eigenvalue weighted by molar-refractivity contribution is -0.165. The largest absolute Gasteiger partial charge is 0.406 e. The van der Waals surface area contributed by atoms with E-state index in [1.54, 1.807) is 24.3 Å². The molecule has 0 bridgehead atoms. The number of alkyl halides is 3. The Hall–Kier alpha value is -2.03. The lowest BCUT2D eigenvalue weighted by atomic mass is 9.88. The van der Waals surface area contributed by atoms with Gasteiger partial charge in [0.25, 0.3) is 0 Å². The van der Waals surface area contributed by atoms with E-state index in [-0.39, 0.29) is 12.5 Å². The molecule has 23 heavy (non-hydrogen) atoms. The minimum absolute atomic E-state index is 0.0828. The molecule has 0 heterocycles. The van der Waals surface area contributed by atoms with Gasteiger partial charge in [-0.1, -0.05) is 31.4 Å². The molecule has 1 fully saturated rings. The molecule has 0 aliphatic heterocycles. The van der Waals surface area contributed by atoms with Gasteiger partial charge in [0.2, 0.25) is 5.91 Å². The number of halogens is 3. The van der Waals surface area contributed by atoms with Gasteiger partial charge in [-0.15, -0.1) is 0 Å². The zero-order valence-corrected chi connectivity index (χ0v) is 12.8. The van der Waals surface area contributed by atoms with Gasteiger partial charge < -0.3 is 4.90 Å². The quantitative estimate of drug-likeness (QED) is 0.839. The van der Waals surface area contributed by atoms with Crippen molar-refractivity contribution in [2.45, 2.75) is 44.8 Å². The lowest BCUT2D eigenvalue weighted by Crippen LogP contribution is -2.42. The van der Waals surface area contributed by atoms with Crippen LogP contribution in [0.15, 0.2) is 24.3 Å². The van der Waals surface area contributed by atoms with Crippen molar-refractivity contribution in [1.82, 2.24) is 4.90 Å². The third-order valence-electron chi connectivity index (χ3n) is 4.09. The predicted octanol–water partition coefficient (Wildman–Crippen LogP) is 4.03. The molecule has 124 valence electrons. The number of benzene rings is 1. The van der Waals surface area contributed by atoms with Crippen molar-refractivity contribution in [2.75, 3.05) is 6.54 Å². The fourth-order valence-corrected chi connectivity index (χ4v) is 2.94. The SMILES string of the molecule is N#Cc1ccc(CN(CC(F)(F)F)C(=O)C2CCCCC2)cc1. The van der Waals surface area contributed by atoms with Crippen LogP contribution in [-0.2, 0) is 11.3 Å². The minimum Gasteiger partial charge on any atom is -0.329 e. The lowest BCUT2D eigenvalue weighted by Gasteiger charge is -2.30. The summed E-state index contributed by atoms with van der Waals surface area (Å²) >= 11 is 0. The second-order valence-corrected chi connectivity index (χ2v) is 5.95. The Morgan fingerprint density at radius 3 is 2.30 bits per heavy atom. The summed E-state index contributed by atoms with van der Waals surface area (Å²) in [7, 11) is 0. The van der Waals surface area contributed by atoms with Crippen molar-refractivity contribution < 1.29 is 18.0 Å². The Kier molecular flexibility index (Phi) is 5.64. The van der Waals surface area contributed by atoms with Crippen LogP contribution in [0.3, 0.4) is 0 Å². The van der Waals surface area contributed by atoms with E-state index in [0.717, 1.165) is 24.2 Å². The summed E-state index contributed by atoms with van der Waals surface area (Å²) in [5, 5.41) is 8.76. The summed E-state index contributed by atoms with van der Waals surface area (Å²) in [4.78, 5) is 13.4. The van der Waals surface area contributed by atoms with Gasteiger partial charge in [-0.3, -0.25) is 4.79 Å². The summed E-state index contributed by atoms with van der Waals surface area (Å²) in [5.74, 6) is -0.712. The van der Waals surface area contributed by atoms with E-state index in [2.05, 4.69) is 0 Å². The van der Waals surface area contributed by atoms with Crippen LogP contribution in [0.25, 0.3) is 0 Å². The van der Waals surface area contributed by atoms with Crippen LogP contribution in [0, 0.1) is 17.2 Å². The molecule has 0 spiro atoms. The number of hydrogen-bond donors (Lipinski definition) is 0. The van der Waals surface area contributed by atoms with E-state index < -0.39 is 18.6 Å². The molecule has 1 aliphatic carbocycles. The molecule has 6 heteroatoms. The highest BCUT2D eigenvalue weighted by molar-refractivity contribution is 5.79. The molecule has 0 atom stereocenters. The maximum atomic E-state index is 12.8. The van der Waals surface area contributed by atoms with Gasteiger partial charge >= 0.3 is 6.18 Å². The number of amides is 1. The second kappa shape index (κ2) is 7.49. The fourth-order valence-electron chi connectivity index (χ4n) is 2.94. The van der Waals surface area contributed by atoms with Crippen molar-refractivity contribution in [3.05, 3.63) is 35.4 Å². The number of carbonyl (C=O) groups is 1. The van der Waals surface area contributed by atoms with E-state index in [0.29, 0.717) is 24.0 Å². The average molecular weight is 324 g/mol. The summed E-state index contributed by atoms with van der Waals surface area (Å²) in [6.45, 7) is -1.32. The van der Waals surface area contributed by atoms with Crippen LogP contribution in [-0.4, -0.2) is 23.5 Å². The van der Waals surface area contributed by atoms with Crippen molar-refractivity contribution >= 4 is 5.91 Å². The van der Waals surface area contributed by atoms with E-state index in [4.69, 9.17) is 5.26 Å². The molecular formula is C17H19F3N2O. The molecular weight excluding hydrogens is 305 g/mol. The van der Waals surface area contributed by atoms with Gasteiger partial charge in [0, 0.05) is 12.5 Å². The minimum atomic E-state index is -4.42. The van der Waals surface area contributed by atoms with Crippen molar-refractivity contribution in [2.24, 2.45) is 5.92 Å². The maximum Gasteiger partial charge on any atom is 0.406 e. The van der Waals surface area contributed by atoms with Crippen LogP contribution in [0.5, 0.6) is 0 Å². The number of hydrogen-bond acceptors (Lipinski definition) is 2. The topological polar surface area (TPSA) is 44.1 Å². The molecule has 0 N–H and O–H groups in total. The molecule has 0 radical (unpaired) electrons. The Balaban J connectivity index is 2.12. The van der Waals surface area contributed by atoms with Crippen molar-refractivity contribution in [3.8, 4) is 6.07 Å². The number of nitrogens with zero attached hydrogens (tertiary/aromatic N) is 2. The van der Waals surface area contributed by atoms with Gasteiger partial charge in [-0.25, -0.2) is 0 Å². The Morgan fingerprint density at radius 1 is 1.17 bits per heavy atom. The third kappa shape index (κ3) is 5.27. The first-order chi connectivity index (χ1) is 10.9. The molecule has 1 aliphatic rings. The van der Waals surface area contributed by atoms with E-state index in [9.17, 15) is 18.0 Å². The monoisotopic (exact) mass is 324 g/mol. The molecule has 0 saturated heterocycles. The zero-order valence-electron chi connectivity index (χ0n) is 12.8. The maximum absolute atomic E-state index is 12.8. The Morgan fingerprint density at radius 2 is 1.78 bits per heavy atom. The van der Waals surface area contributed by atoms with Crippen LogP contribution in [0.2, 0.25) is 0 Å². The van der Waals surface area contributed by atoms with Gasteiger partial charge in [-0.2, -0.15) is 18.4 Å². The molecule has 1 amide bonds. The van der Waals surface area contributed by atoms with Gasteiger partial charge in [0.05, 0.1) is 11.6 Å². The van der Waals surface area contributed by atoms with Crippen LogP contribution in [0.4, 0.5) is 13.2 Å². The first kappa shape index (κ1) is 17.3. The predicted molar refractivity (Wildman–Crippen MR) is 79.2 cm³/mol. The molecule has 1 aromatic carbocycles. The number of rotatable bonds is 4. The van der Waals surface area contributed by atoms with Gasteiger partial charge in [0.15, 0.2) is 0 Å². The molecule has 2 rings (SSSR count). The summed E-state index contributed by atoms with van der Waals surface area (Å²) in [6.07, 6.45) is -0.253. The number of nitriles is 1. The van der Waals surface area contributed by atoms with Crippen LogP contribution < -0.4 is 0 Å². The molecule has 3 nitrogen and oxygen atoms in total. The van der Waals surface area contributed by atoms with Crippen molar-refractivity contribution in [3.63, 3.8) is 0 Å². The van der Waals surface area contributed by atoms with E-state index in [1.165, 1.54) is 0 Å². The number of carbonyl (C=O) groups excluding carboxylic acids is 1. The third-order valence-corrected chi connectivity index (χ3v) is 4.09. The van der Waals surface area contributed by atoms with E-state index >= 15 is 0 Å². The van der Waals surface area contributed by atoms with E-state index in [1.807, 2.05) is 6.07 Å². The average Bonchev–Trinajstić information content (AvgIpc) is 2.54. The molecule has 0 aromatic heterocycles. The smallest absolute Gasteiger partial charge is 0.329 e. The van der Waals surface area contributed by atoms with Crippen LogP contribution >= 0.6 is 0 Å². The molecule has 1 aromatic rings. The highest BCUT2D eigenvalue weighted by Gasteiger charge is 2.35. The molecule has 1 saturated carbocycles. The highest BCUT2D eigenvalue weighted by Crippen LogP contribution is 2.28. The first-order valence-corrected chi connectivity index (χ1v) is 7.73. The standard InChI is InChI=1S/C17H19F3N2O/c18-17(19,20)12-22(16(23)15-4-2-1-3-5-15)11-14-8-6-13(10-21)7-9-14/h6-9,15H,1-5,11-12H2. The summed E-state index contributed by atoms with van der Waals surface area (Å²) in [6, 6.07) is 8.24. The zero-order chi connectivity index (χ0) is 16.9. The first-order valence-electron chi connectivity index (χ1n) is 7.73. The molecule has 0 unspecified atom stereocenters.